The number of aliphatic hydroxyl groups is 3. The summed E-state index contributed by atoms with van der Waals surface area (Å²) in [7, 11) is 0. The number of aromatic nitrogens is 15. The van der Waals surface area contributed by atoms with Crippen LogP contribution in [0.2, 0.25) is 5.02 Å². The third kappa shape index (κ3) is 15.0. The van der Waals surface area contributed by atoms with E-state index in [1.54, 1.807) is 148 Å². The predicted octanol–water partition coefficient (Wildman–Crippen LogP) is 12.7. The van der Waals surface area contributed by atoms with E-state index in [1.807, 2.05) is 39.8 Å². The lowest BCUT2D eigenvalue weighted by molar-refractivity contribution is 0.0688. The number of hydrogen-bond donors (Lipinski definition) is 3. The van der Waals surface area contributed by atoms with E-state index in [-0.39, 0.29) is 80.6 Å². The third-order valence-corrected chi connectivity index (χ3v) is 19.9. The van der Waals surface area contributed by atoms with Gasteiger partial charge in [0.15, 0.2) is 11.6 Å². The van der Waals surface area contributed by atoms with Gasteiger partial charge in [-0.1, -0.05) is 24.6 Å². The Morgan fingerprint density at radius 3 is 1.58 bits per heavy atom. The van der Waals surface area contributed by atoms with Crippen LogP contribution in [0.5, 0.6) is 17.2 Å². The first-order valence-electron chi connectivity index (χ1n) is 33.5. The van der Waals surface area contributed by atoms with Crippen LogP contribution in [0.25, 0.3) is 62.2 Å². The van der Waals surface area contributed by atoms with E-state index in [1.165, 1.54) is 28.1 Å². The number of ether oxygens (including phenoxy) is 3. The van der Waals surface area contributed by atoms with Crippen molar-refractivity contribution in [2.75, 3.05) is 6.54 Å². The van der Waals surface area contributed by atoms with Gasteiger partial charge in [0.05, 0.1) is 80.2 Å². The Kier molecular flexibility index (Phi) is 21.0. The number of aryl methyl sites for hydroxylation is 6. The summed E-state index contributed by atoms with van der Waals surface area (Å²) in [6.07, 6.45) is 13.3. The molecule has 0 radical (unpaired) electrons. The number of dihydropyridines is 1. The van der Waals surface area contributed by atoms with Crippen molar-refractivity contribution in [2.24, 2.45) is 10.9 Å². The van der Waals surface area contributed by atoms with Crippen LogP contribution in [0.4, 0.5) is 4.39 Å². The summed E-state index contributed by atoms with van der Waals surface area (Å²) in [5, 5.41) is 33.8. The van der Waals surface area contributed by atoms with Gasteiger partial charge in [-0.15, -0.1) is 0 Å². The minimum atomic E-state index is -1.58. The smallest absolute Gasteiger partial charge is 0.277 e. The van der Waals surface area contributed by atoms with Gasteiger partial charge in [0.1, 0.15) is 92.5 Å². The van der Waals surface area contributed by atoms with Crippen LogP contribution in [0, 0.1) is 67.1 Å². The fraction of sp³-hybridized carbons (Fsp3) is 0.299. The molecule has 11 aromatic rings. The van der Waals surface area contributed by atoms with Crippen molar-refractivity contribution in [3.05, 3.63) is 240 Å². The number of aliphatic imine (C=N–C) groups is 1. The Balaban J connectivity index is 0.819. The minimum Gasteiger partial charge on any atom is -0.486 e. The highest BCUT2D eigenvalue weighted by molar-refractivity contribution is 9.10. The lowest BCUT2D eigenvalue weighted by Gasteiger charge is -2.26. The molecule has 106 heavy (non-hydrogen) atoms. The molecule has 12 rings (SSSR count). The summed E-state index contributed by atoms with van der Waals surface area (Å²) in [6.45, 7) is 25.8. The zero-order valence-electron chi connectivity index (χ0n) is 60.7. The predicted molar refractivity (Wildman–Crippen MR) is 405 cm³/mol. The fourth-order valence-corrected chi connectivity index (χ4v) is 13.3. The van der Waals surface area contributed by atoms with E-state index >= 15 is 0 Å². The Morgan fingerprint density at radius 1 is 0.519 bits per heavy atom. The Hall–Kier alpha value is -10.4. The van der Waals surface area contributed by atoms with E-state index in [4.69, 9.17) is 55.7 Å². The van der Waals surface area contributed by atoms with Crippen LogP contribution in [0.3, 0.4) is 0 Å². The molecule has 1 aliphatic heterocycles. The minimum absolute atomic E-state index is 0.0173. The van der Waals surface area contributed by atoms with Crippen LogP contribution >= 0.6 is 43.5 Å². The molecule has 0 bridgehead atoms. The Bertz CT molecular complexity index is 5650. The Morgan fingerprint density at radius 2 is 1.01 bits per heavy atom. The maximum Gasteiger partial charge on any atom is 0.277 e. The van der Waals surface area contributed by atoms with Gasteiger partial charge >= 0.3 is 0 Å². The van der Waals surface area contributed by atoms with E-state index in [0.29, 0.717) is 130 Å². The topological polar surface area (TPSA) is 321 Å². The van der Waals surface area contributed by atoms with Crippen molar-refractivity contribution < 1.29 is 33.9 Å². The summed E-state index contributed by atoms with van der Waals surface area (Å²) in [6, 6.07) is 14.0. The molecule has 0 unspecified atom stereocenters. The number of hydrogen-bond acceptors (Lipinski definition) is 22. The van der Waals surface area contributed by atoms with Gasteiger partial charge in [-0.2, -0.15) is 0 Å². The SMILES string of the molecule is Cc1cnc(-c2nc(C(C)(C)O)nc(-c3cncnc3COc3cc(C)n(C4=CC(c5nc(C(C)(C)O)cc(-c6cncnc6COc6cc(C)n(-c7cc(-c8nc(C(C)(C)O)ccc8C)ncc7C)c(=O)c6Br)c5C)=NC[C@H]4C)c(=O)c3Cl)c2C)cc1-n1c(C)cc(OCc2ncncc2F)c(Br)c1=O. The van der Waals surface area contributed by atoms with E-state index in [9.17, 15) is 34.1 Å². The summed E-state index contributed by atoms with van der Waals surface area (Å²) < 4.78 is 38.0. The van der Waals surface area contributed by atoms with Gasteiger partial charge < -0.3 is 29.5 Å². The second-order valence-electron chi connectivity index (χ2n) is 27.6. The molecular formula is C77H74Br2ClFN16O9. The molecule has 1 aliphatic rings. The summed E-state index contributed by atoms with van der Waals surface area (Å²) in [5.74, 6) is -0.404. The van der Waals surface area contributed by atoms with Crippen LogP contribution in [-0.2, 0) is 36.6 Å². The molecule has 0 saturated carbocycles. The van der Waals surface area contributed by atoms with Crippen LogP contribution in [0.15, 0.2) is 133 Å². The van der Waals surface area contributed by atoms with Crippen molar-refractivity contribution in [3.63, 3.8) is 0 Å². The molecule has 11 aromatic heterocycles. The highest BCUT2D eigenvalue weighted by Crippen LogP contribution is 2.39. The first kappa shape index (κ1) is 75.3. The van der Waals surface area contributed by atoms with Crippen LogP contribution in [0.1, 0.15) is 133 Å². The number of halogens is 4. The third-order valence-electron chi connectivity index (χ3n) is 18.1. The van der Waals surface area contributed by atoms with Crippen molar-refractivity contribution in [2.45, 2.75) is 140 Å². The number of allylic oxidation sites excluding steroid dienone is 1. The standard InChI is InChI=1S/C77H74Br2ClFN16O9/c1-37-16-17-62(75(10,11)101)91-67(37)50-22-56(38(2)25-85-50)95-41(5)18-59(64(78)71(95)98)104-31-53-47(28-82-34-88-53)46-21-63(76(12,13)102)92-69(44(46)8)51-23-58(40(4)27-86-51)97-43(7)20-61(66(80)73(97)100)106-32-54-48(29-83-35-89-54)68-45(9)70(94-74(93-68)77(14,15)103)52-24-57(39(3)26-87-52)96-42(6)19-60(65(79)72(96)99)105-33-55-49(81)30-84-36-90-55/h16-26,28-30,34-36,40,101-103H,27,31-33H2,1-15H3/t40-/m1/s1. The fourth-order valence-electron chi connectivity index (χ4n) is 12.3. The monoisotopic (exact) mass is 1580 g/mol. The highest BCUT2D eigenvalue weighted by atomic mass is 79.9. The molecule has 0 fully saturated rings. The maximum atomic E-state index is 14.8. The second-order valence-corrected chi connectivity index (χ2v) is 29.6. The average molecular weight is 1580 g/mol. The molecule has 3 N–H and O–H groups in total. The normalized spacial score (nSPS) is 13.4. The first-order chi connectivity index (χ1) is 50.1. The zero-order valence-corrected chi connectivity index (χ0v) is 64.6. The molecule has 0 spiro atoms. The highest BCUT2D eigenvalue weighted by Gasteiger charge is 2.32. The number of pyridine rings is 7. The molecule has 0 saturated heterocycles. The van der Waals surface area contributed by atoms with Gasteiger partial charge in [0, 0.05) is 94.9 Å². The molecule has 0 aliphatic carbocycles. The van der Waals surface area contributed by atoms with Gasteiger partial charge in [0.25, 0.3) is 16.7 Å². The van der Waals surface area contributed by atoms with Crippen LogP contribution < -0.4 is 30.9 Å². The molecule has 12 heterocycles. The largest absolute Gasteiger partial charge is 0.486 e. The van der Waals surface area contributed by atoms with Crippen LogP contribution in [-0.4, -0.2) is 101 Å². The van der Waals surface area contributed by atoms with E-state index in [2.05, 4.69) is 66.7 Å². The summed E-state index contributed by atoms with van der Waals surface area (Å²) in [5.41, 5.74) is 7.04. The summed E-state index contributed by atoms with van der Waals surface area (Å²) in [4.78, 5) is 103. The van der Waals surface area contributed by atoms with Gasteiger partial charge in [0.2, 0.25) is 0 Å². The molecule has 25 nitrogen and oxygen atoms in total. The van der Waals surface area contributed by atoms with Crippen molar-refractivity contribution in [3.8, 4) is 73.8 Å². The quantitative estimate of drug-likeness (QED) is 0.0638. The number of nitrogens with zero attached hydrogens (tertiary/aromatic N) is 16. The van der Waals surface area contributed by atoms with Crippen molar-refractivity contribution in [1.29, 1.82) is 0 Å². The average Bonchev–Trinajstić information content (AvgIpc) is 0.772. The molecule has 0 aromatic carbocycles. The van der Waals surface area contributed by atoms with Gasteiger partial charge in [-0.3, -0.25) is 43.0 Å². The lowest BCUT2D eigenvalue weighted by Crippen LogP contribution is -2.29. The van der Waals surface area contributed by atoms with E-state index in [0.717, 1.165) is 17.3 Å². The number of rotatable bonds is 20. The van der Waals surface area contributed by atoms with Crippen molar-refractivity contribution >= 4 is 54.9 Å². The molecule has 29 heteroatoms. The lowest BCUT2D eigenvalue weighted by atomic mass is 9.92. The van der Waals surface area contributed by atoms with Gasteiger partial charge in [-0.25, -0.2) is 54.2 Å². The van der Waals surface area contributed by atoms with Crippen molar-refractivity contribution in [1.82, 2.24) is 73.5 Å². The Labute approximate surface area is 630 Å². The molecule has 0 amide bonds. The maximum absolute atomic E-state index is 14.8. The first-order valence-corrected chi connectivity index (χ1v) is 35.5. The zero-order chi connectivity index (χ0) is 76.3. The molecule has 544 valence electrons. The molecule has 1 atom stereocenters. The van der Waals surface area contributed by atoms with E-state index < -0.39 is 33.7 Å². The van der Waals surface area contributed by atoms with Gasteiger partial charge in [-0.05, 0) is 187 Å². The summed E-state index contributed by atoms with van der Waals surface area (Å²) >= 11 is 14.0. The molecular weight excluding hydrogens is 1510 g/mol. The second kappa shape index (κ2) is 29.5.